The number of hydrogen-bond donors (Lipinski definition) is 2. The smallest absolute Gasteiger partial charge is 0.239 e. The number of nitrogens with two attached hydrogens (primary N) is 1. The molecule has 3 N–H and O–H groups in total. The predicted octanol–water partition coefficient (Wildman–Crippen LogP) is 2.23. The molecule has 1 atom stereocenters. The molecule has 1 amide bonds. The number of nitrogens with one attached hydrogen (secondary N) is 1. The van der Waals surface area contributed by atoms with Crippen molar-refractivity contribution in [3.8, 4) is 0 Å². The van der Waals surface area contributed by atoms with Crippen LogP contribution in [-0.2, 0) is 11.2 Å². The fourth-order valence-corrected chi connectivity index (χ4v) is 1.70. The van der Waals surface area contributed by atoms with E-state index in [0.717, 1.165) is 10.9 Å². The summed E-state index contributed by atoms with van der Waals surface area (Å²) >= 11 is 3.39. The van der Waals surface area contributed by atoms with Gasteiger partial charge in [-0.1, -0.05) is 28.1 Å². The van der Waals surface area contributed by atoms with Gasteiger partial charge in [0.2, 0.25) is 5.91 Å². The van der Waals surface area contributed by atoms with Crippen LogP contribution >= 0.6 is 15.9 Å². The van der Waals surface area contributed by atoms with Crippen LogP contribution in [0.25, 0.3) is 0 Å². The Morgan fingerprint density at radius 3 is 2.41 bits per heavy atom. The third kappa shape index (κ3) is 4.88. The summed E-state index contributed by atoms with van der Waals surface area (Å²) in [5.41, 5.74) is 6.09. The summed E-state index contributed by atoms with van der Waals surface area (Å²) in [7, 11) is 0. The van der Waals surface area contributed by atoms with E-state index < -0.39 is 5.54 Å². The van der Waals surface area contributed by atoms with Crippen LogP contribution in [0, 0.1) is 0 Å². The molecular formula is C13H19BrN2O. The van der Waals surface area contributed by atoms with Crippen molar-refractivity contribution in [2.24, 2.45) is 5.73 Å². The van der Waals surface area contributed by atoms with Crippen LogP contribution < -0.4 is 11.1 Å². The van der Waals surface area contributed by atoms with Crippen LogP contribution in [0.15, 0.2) is 28.7 Å². The monoisotopic (exact) mass is 298 g/mol. The average molecular weight is 299 g/mol. The van der Waals surface area contributed by atoms with Crippen LogP contribution in [0.2, 0.25) is 0 Å². The van der Waals surface area contributed by atoms with Gasteiger partial charge < -0.3 is 11.1 Å². The molecule has 0 saturated heterocycles. The molecule has 17 heavy (non-hydrogen) atoms. The highest BCUT2D eigenvalue weighted by Gasteiger charge is 2.22. The first-order valence-corrected chi connectivity index (χ1v) is 6.42. The molecule has 0 radical (unpaired) electrons. The van der Waals surface area contributed by atoms with E-state index >= 15 is 0 Å². The van der Waals surface area contributed by atoms with Crippen molar-refractivity contribution >= 4 is 21.8 Å². The highest BCUT2D eigenvalue weighted by atomic mass is 79.9. The Hall–Kier alpha value is -0.870. The molecule has 0 aliphatic heterocycles. The minimum absolute atomic E-state index is 0.0755. The van der Waals surface area contributed by atoms with E-state index in [1.807, 2.05) is 31.2 Å². The summed E-state index contributed by atoms with van der Waals surface area (Å²) < 4.78 is 1.06. The number of rotatable bonds is 4. The summed E-state index contributed by atoms with van der Waals surface area (Å²) in [6.07, 6.45) is 0.801. The lowest BCUT2D eigenvalue weighted by atomic mass is 10.0. The summed E-state index contributed by atoms with van der Waals surface area (Å²) in [6, 6.07) is 8.15. The second-order valence-corrected chi connectivity index (χ2v) is 5.84. The fourth-order valence-electron chi connectivity index (χ4n) is 1.43. The van der Waals surface area contributed by atoms with Crippen molar-refractivity contribution < 1.29 is 4.79 Å². The van der Waals surface area contributed by atoms with Gasteiger partial charge in [-0.15, -0.1) is 0 Å². The molecule has 0 aliphatic rings. The molecule has 0 spiro atoms. The van der Waals surface area contributed by atoms with Gasteiger partial charge in [0, 0.05) is 10.5 Å². The summed E-state index contributed by atoms with van der Waals surface area (Å²) in [5.74, 6) is -0.123. The number of carbonyl (C=O) groups is 1. The van der Waals surface area contributed by atoms with Gasteiger partial charge in [-0.2, -0.15) is 0 Å². The lowest BCUT2D eigenvalue weighted by molar-refractivity contribution is -0.125. The zero-order valence-electron chi connectivity index (χ0n) is 10.5. The first-order valence-electron chi connectivity index (χ1n) is 5.63. The van der Waals surface area contributed by atoms with E-state index in [9.17, 15) is 4.79 Å². The van der Waals surface area contributed by atoms with Gasteiger partial charge in [0.05, 0.1) is 5.54 Å². The third-order valence-electron chi connectivity index (χ3n) is 2.42. The molecule has 4 heteroatoms. The zero-order valence-corrected chi connectivity index (χ0v) is 12.0. The Bertz CT molecular complexity index is 381. The Balaban J connectivity index is 2.53. The van der Waals surface area contributed by atoms with Crippen LogP contribution in [-0.4, -0.2) is 17.5 Å². The van der Waals surface area contributed by atoms with E-state index in [4.69, 9.17) is 5.73 Å². The molecule has 94 valence electrons. The molecular weight excluding hydrogens is 280 g/mol. The highest BCUT2D eigenvalue weighted by Crippen LogP contribution is 2.12. The second-order valence-electron chi connectivity index (χ2n) is 4.93. The van der Waals surface area contributed by atoms with Gasteiger partial charge in [0.1, 0.15) is 0 Å². The van der Waals surface area contributed by atoms with Crippen molar-refractivity contribution in [3.63, 3.8) is 0 Å². The minimum atomic E-state index is -0.825. The third-order valence-corrected chi connectivity index (χ3v) is 2.95. The molecule has 1 unspecified atom stereocenters. The first-order chi connectivity index (χ1) is 7.79. The Kier molecular flexibility index (Phi) is 4.71. The first kappa shape index (κ1) is 14.2. The number of benzene rings is 1. The molecule has 0 fully saturated rings. The standard InChI is InChI=1S/C13H19BrN2O/c1-9(16-12(17)13(2,3)15)8-10-4-6-11(14)7-5-10/h4-7,9H,8,15H2,1-3H3,(H,16,17). The van der Waals surface area contributed by atoms with Crippen LogP contribution in [0.3, 0.4) is 0 Å². The molecule has 0 aliphatic carbocycles. The molecule has 1 aromatic rings. The number of carbonyl (C=O) groups excluding carboxylic acids is 1. The summed E-state index contributed by atoms with van der Waals surface area (Å²) in [5, 5.41) is 2.91. The highest BCUT2D eigenvalue weighted by molar-refractivity contribution is 9.10. The van der Waals surface area contributed by atoms with Gasteiger partial charge in [0.15, 0.2) is 0 Å². The van der Waals surface area contributed by atoms with E-state index in [2.05, 4.69) is 21.2 Å². The maximum atomic E-state index is 11.7. The van der Waals surface area contributed by atoms with Crippen molar-refractivity contribution in [1.29, 1.82) is 0 Å². The minimum Gasteiger partial charge on any atom is -0.352 e. The van der Waals surface area contributed by atoms with E-state index in [-0.39, 0.29) is 11.9 Å². The topological polar surface area (TPSA) is 55.1 Å². The maximum absolute atomic E-state index is 11.7. The molecule has 3 nitrogen and oxygen atoms in total. The van der Waals surface area contributed by atoms with Gasteiger partial charge in [-0.25, -0.2) is 0 Å². The normalized spacial score (nSPS) is 13.2. The van der Waals surface area contributed by atoms with Gasteiger partial charge in [-0.3, -0.25) is 4.79 Å². The second kappa shape index (κ2) is 5.65. The Labute approximate surface area is 111 Å². The largest absolute Gasteiger partial charge is 0.352 e. The number of amides is 1. The summed E-state index contributed by atoms with van der Waals surface area (Å²) in [4.78, 5) is 11.7. The van der Waals surface area contributed by atoms with Crippen molar-refractivity contribution in [3.05, 3.63) is 34.3 Å². The van der Waals surface area contributed by atoms with Crippen LogP contribution in [0.4, 0.5) is 0 Å². The fraction of sp³-hybridized carbons (Fsp3) is 0.462. The average Bonchev–Trinajstić information content (AvgIpc) is 2.20. The molecule has 0 saturated carbocycles. The number of hydrogen-bond acceptors (Lipinski definition) is 2. The van der Waals surface area contributed by atoms with Gasteiger partial charge in [0.25, 0.3) is 0 Å². The number of halogens is 1. The quantitative estimate of drug-likeness (QED) is 0.896. The van der Waals surface area contributed by atoms with Crippen LogP contribution in [0.5, 0.6) is 0 Å². The lowest BCUT2D eigenvalue weighted by Crippen LogP contribution is -2.51. The summed E-state index contributed by atoms with van der Waals surface area (Å²) in [6.45, 7) is 5.38. The van der Waals surface area contributed by atoms with Crippen LogP contribution in [0.1, 0.15) is 26.3 Å². The van der Waals surface area contributed by atoms with Crippen molar-refractivity contribution in [1.82, 2.24) is 5.32 Å². The molecule has 0 bridgehead atoms. The maximum Gasteiger partial charge on any atom is 0.239 e. The lowest BCUT2D eigenvalue weighted by Gasteiger charge is -2.21. The predicted molar refractivity (Wildman–Crippen MR) is 73.7 cm³/mol. The van der Waals surface area contributed by atoms with Gasteiger partial charge >= 0.3 is 0 Å². The Morgan fingerprint density at radius 2 is 1.94 bits per heavy atom. The Morgan fingerprint density at radius 1 is 1.41 bits per heavy atom. The van der Waals surface area contributed by atoms with E-state index in [1.54, 1.807) is 13.8 Å². The molecule has 0 heterocycles. The van der Waals surface area contributed by atoms with E-state index in [0.29, 0.717) is 0 Å². The van der Waals surface area contributed by atoms with Crippen molar-refractivity contribution in [2.75, 3.05) is 0 Å². The molecule has 1 rings (SSSR count). The van der Waals surface area contributed by atoms with E-state index in [1.165, 1.54) is 5.56 Å². The van der Waals surface area contributed by atoms with Crippen molar-refractivity contribution in [2.45, 2.75) is 38.8 Å². The van der Waals surface area contributed by atoms with Gasteiger partial charge in [-0.05, 0) is 44.9 Å². The zero-order chi connectivity index (χ0) is 13.1. The molecule has 1 aromatic carbocycles. The molecule has 0 aromatic heterocycles. The SMILES string of the molecule is CC(Cc1ccc(Br)cc1)NC(=O)C(C)(C)N.